The molecule has 0 aliphatic carbocycles. The van der Waals surface area contributed by atoms with E-state index < -0.39 is 0 Å². The number of nitrogens with zero attached hydrogens (tertiary/aromatic N) is 1. The molecule has 19 heavy (non-hydrogen) atoms. The SMILES string of the molecule is Cc1ccccc1CCC(=O)NCCc1cnc[nH]1. The van der Waals surface area contributed by atoms with E-state index in [-0.39, 0.29) is 5.91 Å². The van der Waals surface area contributed by atoms with Gasteiger partial charge in [-0.2, -0.15) is 0 Å². The van der Waals surface area contributed by atoms with Gasteiger partial charge in [-0.3, -0.25) is 4.79 Å². The van der Waals surface area contributed by atoms with Crippen LogP contribution in [0.3, 0.4) is 0 Å². The van der Waals surface area contributed by atoms with Crippen LogP contribution in [0.2, 0.25) is 0 Å². The van der Waals surface area contributed by atoms with Crippen molar-refractivity contribution >= 4 is 5.91 Å². The monoisotopic (exact) mass is 257 g/mol. The van der Waals surface area contributed by atoms with Crippen molar-refractivity contribution in [1.82, 2.24) is 15.3 Å². The first kappa shape index (κ1) is 13.3. The number of H-pyrrole nitrogens is 1. The molecule has 0 unspecified atom stereocenters. The van der Waals surface area contributed by atoms with Crippen LogP contribution < -0.4 is 5.32 Å². The standard InChI is InChI=1S/C15H19N3O/c1-12-4-2-3-5-13(12)6-7-15(19)17-9-8-14-10-16-11-18-14/h2-5,10-11H,6-9H2,1H3,(H,16,18)(H,17,19). The predicted octanol–water partition coefficient (Wildman–Crippen LogP) is 2.01. The third-order valence-electron chi connectivity index (χ3n) is 3.15. The maximum Gasteiger partial charge on any atom is 0.220 e. The molecule has 100 valence electrons. The number of carbonyl (C=O) groups excluding carboxylic acids is 1. The van der Waals surface area contributed by atoms with Crippen molar-refractivity contribution in [3.63, 3.8) is 0 Å². The van der Waals surface area contributed by atoms with Gasteiger partial charge in [0.1, 0.15) is 0 Å². The van der Waals surface area contributed by atoms with Gasteiger partial charge in [0.2, 0.25) is 5.91 Å². The number of nitrogens with one attached hydrogen (secondary N) is 2. The molecule has 0 aliphatic rings. The normalized spacial score (nSPS) is 10.4. The average molecular weight is 257 g/mol. The van der Waals surface area contributed by atoms with Gasteiger partial charge in [0, 0.05) is 31.3 Å². The van der Waals surface area contributed by atoms with Crippen molar-refractivity contribution in [2.45, 2.75) is 26.2 Å². The molecule has 0 bridgehead atoms. The summed E-state index contributed by atoms with van der Waals surface area (Å²) in [6, 6.07) is 8.18. The maximum atomic E-state index is 11.7. The van der Waals surface area contributed by atoms with Crippen LogP contribution in [0, 0.1) is 6.92 Å². The number of aryl methyl sites for hydroxylation is 2. The summed E-state index contributed by atoms with van der Waals surface area (Å²) in [6.07, 6.45) is 5.54. The van der Waals surface area contributed by atoms with Crippen LogP contribution >= 0.6 is 0 Å². The molecule has 0 aliphatic heterocycles. The van der Waals surface area contributed by atoms with E-state index >= 15 is 0 Å². The molecular weight excluding hydrogens is 238 g/mol. The lowest BCUT2D eigenvalue weighted by Gasteiger charge is -2.06. The molecule has 2 N–H and O–H groups in total. The zero-order chi connectivity index (χ0) is 13.5. The lowest BCUT2D eigenvalue weighted by Crippen LogP contribution is -2.26. The number of aromatic nitrogens is 2. The number of carbonyl (C=O) groups is 1. The largest absolute Gasteiger partial charge is 0.356 e. The molecule has 1 heterocycles. The molecule has 1 aromatic heterocycles. The number of aromatic amines is 1. The molecule has 0 fully saturated rings. The maximum absolute atomic E-state index is 11.7. The zero-order valence-corrected chi connectivity index (χ0v) is 11.1. The van der Waals surface area contributed by atoms with Gasteiger partial charge in [-0.05, 0) is 24.5 Å². The Balaban J connectivity index is 1.69. The third kappa shape index (κ3) is 4.25. The fraction of sp³-hybridized carbons (Fsp3) is 0.333. The number of hydrogen-bond donors (Lipinski definition) is 2. The Hall–Kier alpha value is -2.10. The van der Waals surface area contributed by atoms with Gasteiger partial charge in [-0.1, -0.05) is 24.3 Å². The van der Waals surface area contributed by atoms with Crippen LogP contribution in [0.5, 0.6) is 0 Å². The zero-order valence-electron chi connectivity index (χ0n) is 11.1. The van der Waals surface area contributed by atoms with Crippen LogP contribution in [0.25, 0.3) is 0 Å². The van der Waals surface area contributed by atoms with E-state index in [9.17, 15) is 4.79 Å². The van der Waals surface area contributed by atoms with E-state index in [2.05, 4.69) is 34.3 Å². The minimum atomic E-state index is 0.0998. The second kappa shape index (κ2) is 6.73. The van der Waals surface area contributed by atoms with E-state index in [1.807, 2.05) is 12.1 Å². The van der Waals surface area contributed by atoms with Gasteiger partial charge in [0.05, 0.1) is 6.33 Å². The Bertz CT molecular complexity index is 520. The summed E-state index contributed by atoms with van der Waals surface area (Å²) in [4.78, 5) is 18.7. The van der Waals surface area contributed by atoms with Crippen LogP contribution in [0.1, 0.15) is 23.2 Å². The Labute approximate surface area is 113 Å². The van der Waals surface area contributed by atoms with Gasteiger partial charge in [0.15, 0.2) is 0 Å². The number of rotatable bonds is 6. The van der Waals surface area contributed by atoms with Gasteiger partial charge in [0.25, 0.3) is 0 Å². The lowest BCUT2D eigenvalue weighted by atomic mass is 10.0. The lowest BCUT2D eigenvalue weighted by molar-refractivity contribution is -0.121. The Morgan fingerprint density at radius 1 is 1.32 bits per heavy atom. The van der Waals surface area contributed by atoms with Gasteiger partial charge in [-0.15, -0.1) is 0 Å². The predicted molar refractivity (Wildman–Crippen MR) is 74.8 cm³/mol. The van der Waals surface area contributed by atoms with E-state index in [1.165, 1.54) is 11.1 Å². The molecule has 0 atom stereocenters. The fourth-order valence-corrected chi connectivity index (χ4v) is 1.99. The van der Waals surface area contributed by atoms with E-state index in [0.717, 1.165) is 18.5 Å². The highest BCUT2D eigenvalue weighted by atomic mass is 16.1. The molecule has 4 nitrogen and oxygen atoms in total. The molecule has 0 radical (unpaired) electrons. The van der Waals surface area contributed by atoms with Crippen LogP contribution in [0.4, 0.5) is 0 Å². The van der Waals surface area contributed by atoms with Crippen molar-refractivity contribution in [3.05, 3.63) is 53.6 Å². The molecule has 1 aromatic carbocycles. The first-order chi connectivity index (χ1) is 9.25. The minimum Gasteiger partial charge on any atom is -0.356 e. The first-order valence-electron chi connectivity index (χ1n) is 6.54. The highest BCUT2D eigenvalue weighted by Gasteiger charge is 2.03. The summed E-state index contributed by atoms with van der Waals surface area (Å²) in [5, 5.41) is 2.92. The van der Waals surface area contributed by atoms with Crippen molar-refractivity contribution in [3.8, 4) is 0 Å². The van der Waals surface area contributed by atoms with Crippen LogP contribution in [-0.2, 0) is 17.6 Å². The van der Waals surface area contributed by atoms with Crippen LogP contribution in [0.15, 0.2) is 36.8 Å². The summed E-state index contributed by atoms with van der Waals surface area (Å²) in [6.45, 7) is 2.72. The van der Waals surface area contributed by atoms with Gasteiger partial charge < -0.3 is 10.3 Å². The van der Waals surface area contributed by atoms with E-state index in [1.54, 1.807) is 12.5 Å². The number of amides is 1. The summed E-state index contributed by atoms with van der Waals surface area (Å²) < 4.78 is 0. The summed E-state index contributed by atoms with van der Waals surface area (Å²) in [5.74, 6) is 0.0998. The fourth-order valence-electron chi connectivity index (χ4n) is 1.99. The van der Waals surface area contributed by atoms with Gasteiger partial charge in [-0.25, -0.2) is 4.98 Å². The quantitative estimate of drug-likeness (QED) is 0.831. The Kier molecular flexibility index (Phi) is 4.72. The summed E-state index contributed by atoms with van der Waals surface area (Å²) in [7, 11) is 0. The molecule has 0 saturated heterocycles. The molecule has 4 heteroatoms. The van der Waals surface area contributed by atoms with Crippen molar-refractivity contribution in [2.24, 2.45) is 0 Å². The van der Waals surface area contributed by atoms with Crippen molar-refractivity contribution in [1.29, 1.82) is 0 Å². The highest BCUT2D eigenvalue weighted by Crippen LogP contribution is 2.09. The molecule has 1 amide bonds. The minimum absolute atomic E-state index is 0.0998. The molecule has 2 rings (SSSR count). The molecular formula is C15H19N3O. The smallest absolute Gasteiger partial charge is 0.220 e. The van der Waals surface area contributed by atoms with E-state index in [4.69, 9.17) is 0 Å². The molecule has 2 aromatic rings. The Morgan fingerprint density at radius 2 is 2.16 bits per heavy atom. The topological polar surface area (TPSA) is 57.8 Å². The summed E-state index contributed by atoms with van der Waals surface area (Å²) in [5.41, 5.74) is 3.53. The van der Waals surface area contributed by atoms with Crippen molar-refractivity contribution in [2.75, 3.05) is 6.54 Å². The number of hydrogen-bond acceptors (Lipinski definition) is 2. The van der Waals surface area contributed by atoms with Gasteiger partial charge >= 0.3 is 0 Å². The number of imidazole rings is 1. The van der Waals surface area contributed by atoms with Crippen LogP contribution in [-0.4, -0.2) is 22.4 Å². The highest BCUT2D eigenvalue weighted by molar-refractivity contribution is 5.76. The van der Waals surface area contributed by atoms with Crippen molar-refractivity contribution < 1.29 is 4.79 Å². The Morgan fingerprint density at radius 3 is 2.89 bits per heavy atom. The molecule has 0 saturated carbocycles. The summed E-state index contributed by atoms with van der Waals surface area (Å²) >= 11 is 0. The second-order valence-electron chi connectivity index (χ2n) is 4.60. The average Bonchev–Trinajstić information content (AvgIpc) is 2.91. The molecule has 0 spiro atoms. The second-order valence-corrected chi connectivity index (χ2v) is 4.60. The first-order valence-corrected chi connectivity index (χ1v) is 6.54. The van der Waals surface area contributed by atoms with E-state index in [0.29, 0.717) is 13.0 Å². The third-order valence-corrected chi connectivity index (χ3v) is 3.15. The number of benzene rings is 1.